The maximum absolute atomic E-state index is 13.4. The third-order valence-corrected chi connectivity index (χ3v) is 5.98. The van der Waals surface area contributed by atoms with Crippen LogP contribution in [0.4, 0.5) is 13.2 Å². The average molecular weight is 494 g/mol. The van der Waals surface area contributed by atoms with Gasteiger partial charge in [0.2, 0.25) is 5.91 Å². The van der Waals surface area contributed by atoms with Gasteiger partial charge in [0.25, 0.3) is 0 Å². The minimum absolute atomic E-state index is 0.0313. The molecule has 0 saturated heterocycles. The Morgan fingerprint density at radius 3 is 2.50 bits per heavy atom. The number of amides is 1. The minimum Gasteiger partial charge on any atom is -0.497 e. The van der Waals surface area contributed by atoms with E-state index in [-0.39, 0.29) is 28.9 Å². The third kappa shape index (κ3) is 6.49. The molecule has 0 bridgehead atoms. The van der Waals surface area contributed by atoms with Crippen LogP contribution in [-0.2, 0) is 24.1 Å². The number of aromatic nitrogens is 4. The van der Waals surface area contributed by atoms with Crippen LogP contribution in [-0.4, -0.2) is 50.5 Å². The fourth-order valence-electron chi connectivity index (χ4n) is 3.19. The first-order chi connectivity index (χ1) is 16.1. The Hall–Kier alpha value is -3.08. The van der Waals surface area contributed by atoms with E-state index in [0.717, 1.165) is 35.6 Å². The summed E-state index contributed by atoms with van der Waals surface area (Å²) in [7, 11) is 3.20. The molecule has 1 aromatic carbocycles. The molecule has 34 heavy (non-hydrogen) atoms. The first kappa shape index (κ1) is 25.5. The van der Waals surface area contributed by atoms with Crippen molar-refractivity contribution in [3.63, 3.8) is 0 Å². The maximum Gasteiger partial charge on any atom is 0.433 e. The number of halogens is 3. The summed E-state index contributed by atoms with van der Waals surface area (Å²) >= 11 is 1.02. The standard InChI is InChI=1S/C23H26F3N5O2S/c1-5-31-14-17(15(2)29-31)13-30(3)21(32)10-11-34-22-27-19(12-20(28-22)23(24,25)26)16-6-8-18(33-4)9-7-16/h6-9,12,14H,5,10-11,13H2,1-4H3. The van der Waals surface area contributed by atoms with Crippen LogP contribution < -0.4 is 4.74 Å². The number of alkyl halides is 3. The van der Waals surface area contributed by atoms with Gasteiger partial charge in [0.1, 0.15) is 11.4 Å². The lowest BCUT2D eigenvalue weighted by Crippen LogP contribution is -2.26. The van der Waals surface area contributed by atoms with Gasteiger partial charge >= 0.3 is 6.18 Å². The van der Waals surface area contributed by atoms with Crippen LogP contribution >= 0.6 is 11.8 Å². The summed E-state index contributed by atoms with van der Waals surface area (Å²) in [4.78, 5) is 22.1. The van der Waals surface area contributed by atoms with Crippen LogP contribution in [0.2, 0.25) is 0 Å². The lowest BCUT2D eigenvalue weighted by molar-refractivity contribution is -0.141. The number of nitrogens with zero attached hydrogens (tertiary/aromatic N) is 5. The molecule has 1 amide bonds. The first-order valence-corrected chi connectivity index (χ1v) is 11.6. The molecule has 3 rings (SSSR count). The van der Waals surface area contributed by atoms with Crippen LogP contribution in [0, 0.1) is 6.92 Å². The van der Waals surface area contributed by atoms with Gasteiger partial charge in [0.15, 0.2) is 5.16 Å². The van der Waals surface area contributed by atoms with Crippen LogP contribution in [0.3, 0.4) is 0 Å². The summed E-state index contributed by atoms with van der Waals surface area (Å²) in [6.07, 6.45) is -2.57. The highest BCUT2D eigenvalue weighted by Gasteiger charge is 2.34. The highest BCUT2D eigenvalue weighted by molar-refractivity contribution is 7.99. The van der Waals surface area contributed by atoms with Gasteiger partial charge in [-0.3, -0.25) is 9.48 Å². The quantitative estimate of drug-likeness (QED) is 0.314. The van der Waals surface area contributed by atoms with E-state index < -0.39 is 11.9 Å². The summed E-state index contributed by atoms with van der Waals surface area (Å²) in [6, 6.07) is 7.49. The molecule has 2 heterocycles. The fourth-order valence-corrected chi connectivity index (χ4v) is 3.97. The molecule has 2 aromatic heterocycles. The van der Waals surface area contributed by atoms with Gasteiger partial charge in [-0.25, -0.2) is 9.97 Å². The number of ether oxygens (including phenoxy) is 1. The van der Waals surface area contributed by atoms with Gasteiger partial charge in [-0.05, 0) is 44.2 Å². The molecule has 0 fully saturated rings. The molecule has 7 nitrogen and oxygen atoms in total. The zero-order chi connectivity index (χ0) is 24.9. The number of carbonyl (C=O) groups excluding carboxylic acids is 1. The van der Waals surface area contributed by atoms with E-state index in [1.165, 1.54) is 7.11 Å². The van der Waals surface area contributed by atoms with E-state index in [2.05, 4.69) is 15.1 Å². The van der Waals surface area contributed by atoms with Gasteiger partial charge in [0.05, 0.1) is 18.5 Å². The summed E-state index contributed by atoms with van der Waals surface area (Å²) < 4.78 is 47.2. The van der Waals surface area contributed by atoms with E-state index in [9.17, 15) is 18.0 Å². The Labute approximate surface area is 200 Å². The zero-order valence-corrected chi connectivity index (χ0v) is 20.2. The van der Waals surface area contributed by atoms with E-state index in [4.69, 9.17) is 4.74 Å². The zero-order valence-electron chi connectivity index (χ0n) is 19.4. The van der Waals surface area contributed by atoms with Gasteiger partial charge in [-0.1, -0.05) is 11.8 Å². The van der Waals surface area contributed by atoms with E-state index >= 15 is 0 Å². The first-order valence-electron chi connectivity index (χ1n) is 10.6. The van der Waals surface area contributed by atoms with Crippen molar-refractivity contribution in [1.82, 2.24) is 24.6 Å². The van der Waals surface area contributed by atoms with Crippen molar-refractivity contribution in [2.24, 2.45) is 0 Å². The summed E-state index contributed by atoms with van der Waals surface area (Å²) in [5, 5.41) is 4.34. The molecule has 0 aliphatic rings. The molecule has 0 atom stereocenters. The Kier molecular flexibility index (Phi) is 8.19. The van der Waals surface area contributed by atoms with Crippen molar-refractivity contribution < 1.29 is 22.7 Å². The average Bonchev–Trinajstić information content (AvgIpc) is 3.17. The Morgan fingerprint density at radius 1 is 1.21 bits per heavy atom. The van der Waals surface area contributed by atoms with Crippen LogP contribution in [0.1, 0.15) is 30.3 Å². The summed E-state index contributed by atoms with van der Waals surface area (Å²) in [6.45, 7) is 5.03. The van der Waals surface area contributed by atoms with Crippen LogP contribution in [0.5, 0.6) is 5.75 Å². The predicted molar refractivity (Wildman–Crippen MR) is 123 cm³/mol. The fraction of sp³-hybridized carbons (Fsp3) is 0.391. The number of methoxy groups -OCH3 is 1. The number of hydrogen-bond donors (Lipinski definition) is 0. The SMILES string of the molecule is CCn1cc(CN(C)C(=O)CCSc2nc(-c3ccc(OC)cc3)cc(C(F)(F)F)n2)c(C)n1. The molecule has 0 aliphatic carbocycles. The van der Waals surface area contributed by atoms with Crippen molar-refractivity contribution in [3.8, 4) is 17.0 Å². The number of rotatable bonds is 9. The van der Waals surface area contributed by atoms with Crippen molar-refractivity contribution in [3.05, 3.63) is 53.5 Å². The van der Waals surface area contributed by atoms with Gasteiger partial charge in [-0.2, -0.15) is 18.3 Å². The highest BCUT2D eigenvalue weighted by atomic mass is 32.2. The molecule has 0 unspecified atom stereocenters. The molecule has 3 aromatic rings. The Bertz CT molecular complexity index is 1130. The molecule has 11 heteroatoms. The van der Waals surface area contributed by atoms with Crippen molar-refractivity contribution in [2.45, 2.75) is 44.7 Å². The largest absolute Gasteiger partial charge is 0.497 e. The second-order valence-corrected chi connectivity index (χ2v) is 8.65. The highest BCUT2D eigenvalue weighted by Crippen LogP contribution is 2.32. The normalized spacial score (nSPS) is 11.5. The van der Waals surface area contributed by atoms with Gasteiger partial charge in [-0.15, -0.1) is 0 Å². The number of benzene rings is 1. The molecule has 0 spiro atoms. The maximum atomic E-state index is 13.4. The Balaban J connectivity index is 1.68. The number of aryl methyl sites for hydroxylation is 2. The topological polar surface area (TPSA) is 73.1 Å². The molecule has 0 saturated carbocycles. The molecule has 0 aliphatic heterocycles. The number of thioether (sulfide) groups is 1. The summed E-state index contributed by atoms with van der Waals surface area (Å²) in [5.41, 5.74) is 1.45. The van der Waals surface area contributed by atoms with E-state index in [1.807, 2.05) is 24.7 Å². The van der Waals surface area contributed by atoms with Crippen molar-refractivity contribution in [1.29, 1.82) is 0 Å². The minimum atomic E-state index is -4.61. The van der Waals surface area contributed by atoms with Gasteiger partial charge in [0, 0.05) is 49.6 Å². The smallest absolute Gasteiger partial charge is 0.433 e. The van der Waals surface area contributed by atoms with Gasteiger partial charge < -0.3 is 9.64 Å². The second-order valence-electron chi connectivity index (χ2n) is 7.59. The van der Waals surface area contributed by atoms with E-state index in [0.29, 0.717) is 17.9 Å². The lowest BCUT2D eigenvalue weighted by Gasteiger charge is -2.16. The molecular formula is C23H26F3N5O2S. The lowest BCUT2D eigenvalue weighted by atomic mass is 10.1. The monoisotopic (exact) mass is 493 g/mol. The van der Waals surface area contributed by atoms with Crippen molar-refractivity contribution >= 4 is 17.7 Å². The van der Waals surface area contributed by atoms with E-state index in [1.54, 1.807) is 36.2 Å². The third-order valence-electron chi connectivity index (χ3n) is 5.13. The molecule has 0 radical (unpaired) electrons. The Morgan fingerprint density at radius 2 is 1.91 bits per heavy atom. The number of hydrogen-bond acceptors (Lipinski definition) is 6. The molecule has 182 valence electrons. The van der Waals surface area contributed by atoms with Crippen molar-refractivity contribution in [2.75, 3.05) is 19.9 Å². The number of carbonyl (C=O) groups is 1. The predicted octanol–water partition coefficient (Wildman–Crippen LogP) is 4.84. The molecular weight excluding hydrogens is 467 g/mol. The second kappa shape index (κ2) is 10.9. The van der Waals surface area contributed by atoms with Crippen LogP contribution in [0.25, 0.3) is 11.3 Å². The summed E-state index contributed by atoms with van der Waals surface area (Å²) in [5.74, 6) is 0.710. The van der Waals surface area contributed by atoms with Crippen LogP contribution in [0.15, 0.2) is 41.7 Å². The molecule has 0 N–H and O–H groups in total.